The van der Waals surface area contributed by atoms with Crippen molar-refractivity contribution in [1.29, 1.82) is 0 Å². The van der Waals surface area contributed by atoms with E-state index in [2.05, 4.69) is 5.32 Å². The van der Waals surface area contributed by atoms with Gasteiger partial charge in [-0.2, -0.15) is 0 Å². The molecule has 2 aromatic carbocycles. The molecule has 0 aliphatic heterocycles. The molecule has 3 N–H and O–H groups in total. The summed E-state index contributed by atoms with van der Waals surface area (Å²) in [6, 6.07) is 11.6. The van der Waals surface area contributed by atoms with Gasteiger partial charge >= 0.3 is 7.12 Å². The van der Waals surface area contributed by atoms with E-state index in [1.165, 1.54) is 6.07 Å². The van der Waals surface area contributed by atoms with Crippen LogP contribution in [0.15, 0.2) is 42.5 Å². The fourth-order valence-electron chi connectivity index (χ4n) is 1.61. The lowest BCUT2D eigenvalue weighted by Gasteiger charge is -2.13. The van der Waals surface area contributed by atoms with Crippen molar-refractivity contribution in [3.8, 4) is 5.75 Å². The van der Waals surface area contributed by atoms with Crippen molar-refractivity contribution < 1.29 is 14.8 Å². The highest BCUT2D eigenvalue weighted by molar-refractivity contribution is 7.80. The highest BCUT2D eigenvalue weighted by atomic mass is 35.5. The number of hydrogen-bond acceptors (Lipinski definition) is 4. The van der Waals surface area contributed by atoms with Crippen LogP contribution in [0.25, 0.3) is 0 Å². The topological polar surface area (TPSA) is 61.7 Å². The molecule has 0 saturated heterocycles. The molecule has 2 aromatic rings. The lowest BCUT2D eigenvalue weighted by Crippen LogP contribution is -2.31. The van der Waals surface area contributed by atoms with Crippen LogP contribution in [0.4, 0.5) is 5.69 Å². The summed E-state index contributed by atoms with van der Waals surface area (Å²) in [5.74, 6) is 0.408. The second-order valence-corrected chi connectivity index (χ2v) is 5.18. The summed E-state index contributed by atoms with van der Waals surface area (Å²) in [4.78, 5) is 0. The summed E-state index contributed by atoms with van der Waals surface area (Å²) in [7, 11) is -1.67. The Hall–Kier alpha value is -1.31. The molecule has 0 heterocycles. The second kappa shape index (κ2) is 7.11. The van der Waals surface area contributed by atoms with E-state index in [0.717, 1.165) is 0 Å². The lowest BCUT2D eigenvalue weighted by molar-refractivity contribution is 0.426. The summed E-state index contributed by atoms with van der Waals surface area (Å²) < 4.78 is 5.41. The predicted molar refractivity (Wildman–Crippen MR) is 89.6 cm³/mol. The van der Waals surface area contributed by atoms with Crippen LogP contribution in [0.5, 0.6) is 5.75 Å². The average Bonchev–Trinajstić information content (AvgIpc) is 2.43. The number of halogens is 2. The fraction of sp³-hybridized carbons (Fsp3) is 0. The van der Waals surface area contributed by atoms with Crippen molar-refractivity contribution in [3.05, 3.63) is 52.5 Å². The molecule has 0 aromatic heterocycles. The Morgan fingerprint density at radius 1 is 1.10 bits per heavy atom. The average molecular weight is 342 g/mol. The van der Waals surface area contributed by atoms with Gasteiger partial charge in [-0.1, -0.05) is 47.5 Å². The smallest absolute Gasteiger partial charge is 0.430 e. The molecule has 0 aliphatic rings. The number of thiocarbonyl (C=S) groups is 1. The normalized spacial score (nSPS) is 10.1. The number of benzene rings is 2. The zero-order chi connectivity index (χ0) is 15.4. The molecule has 108 valence electrons. The van der Waals surface area contributed by atoms with Gasteiger partial charge in [-0.15, -0.1) is 0 Å². The van der Waals surface area contributed by atoms with Crippen LogP contribution in [-0.4, -0.2) is 22.3 Å². The molecular weight excluding hydrogens is 332 g/mol. The second-order valence-electron chi connectivity index (χ2n) is 4.03. The minimum Gasteiger partial charge on any atom is -0.430 e. The van der Waals surface area contributed by atoms with Crippen molar-refractivity contribution in [3.63, 3.8) is 0 Å². The van der Waals surface area contributed by atoms with E-state index < -0.39 is 7.12 Å². The molecule has 4 nitrogen and oxygen atoms in total. The van der Waals surface area contributed by atoms with Crippen LogP contribution in [0, 0.1) is 0 Å². The summed E-state index contributed by atoms with van der Waals surface area (Å²) in [6.07, 6.45) is 0. The number of hydrogen-bond donors (Lipinski definition) is 3. The highest BCUT2D eigenvalue weighted by Crippen LogP contribution is 2.24. The van der Waals surface area contributed by atoms with E-state index in [0.29, 0.717) is 16.5 Å². The number of ether oxygens (including phenoxy) is 1. The Kier molecular flexibility index (Phi) is 5.44. The molecule has 0 atom stereocenters. The number of para-hydroxylation sites is 1. The van der Waals surface area contributed by atoms with E-state index in [1.807, 2.05) is 0 Å². The predicted octanol–water partition coefficient (Wildman–Crippen LogP) is 2.45. The van der Waals surface area contributed by atoms with Crippen molar-refractivity contribution in [1.82, 2.24) is 0 Å². The molecule has 0 unspecified atom stereocenters. The molecule has 8 heteroatoms. The quantitative estimate of drug-likeness (QED) is 0.591. The summed E-state index contributed by atoms with van der Waals surface area (Å²) >= 11 is 17.1. The van der Waals surface area contributed by atoms with E-state index in [-0.39, 0.29) is 15.7 Å². The Morgan fingerprint density at radius 3 is 2.48 bits per heavy atom. The van der Waals surface area contributed by atoms with E-state index >= 15 is 0 Å². The first-order chi connectivity index (χ1) is 9.99. The van der Waals surface area contributed by atoms with Gasteiger partial charge < -0.3 is 20.1 Å². The van der Waals surface area contributed by atoms with Gasteiger partial charge in [0.15, 0.2) is 0 Å². The molecule has 0 aliphatic carbocycles. The zero-order valence-electron chi connectivity index (χ0n) is 10.6. The minimum atomic E-state index is -1.67. The SMILES string of the molecule is OB(O)c1cccc(NC(=S)Oc2ccccc2Cl)c1Cl. The van der Waals surface area contributed by atoms with E-state index in [1.54, 1.807) is 36.4 Å². The van der Waals surface area contributed by atoms with Gasteiger partial charge in [0.05, 0.1) is 15.7 Å². The molecule has 0 saturated carbocycles. The number of anilines is 1. The van der Waals surface area contributed by atoms with Crippen LogP contribution >= 0.6 is 35.4 Å². The van der Waals surface area contributed by atoms with Gasteiger partial charge in [0.2, 0.25) is 0 Å². The molecule has 2 rings (SSSR count). The lowest BCUT2D eigenvalue weighted by atomic mass is 9.80. The molecule has 21 heavy (non-hydrogen) atoms. The zero-order valence-corrected chi connectivity index (χ0v) is 12.9. The third-order valence-electron chi connectivity index (χ3n) is 2.58. The molecule has 0 radical (unpaired) electrons. The third-order valence-corrected chi connectivity index (χ3v) is 3.50. The Morgan fingerprint density at radius 2 is 1.81 bits per heavy atom. The van der Waals surface area contributed by atoms with Gasteiger partial charge in [-0.05, 0) is 30.4 Å². The standard InChI is InChI=1S/C13H10BCl2NO3S/c15-9-5-1-2-7-11(9)20-13(21)17-10-6-3-4-8(12(10)16)14(18)19/h1-7,18-19H,(H,17,21). The van der Waals surface area contributed by atoms with Crippen LogP contribution in [0.3, 0.4) is 0 Å². The van der Waals surface area contributed by atoms with Crippen LogP contribution in [0.2, 0.25) is 10.0 Å². The van der Waals surface area contributed by atoms with Gasteiger partial charge in [-0.25, -0.2) is 0 Å². The maximum absolute atomic E-state index is 9.20. The van der Waals surface area contributed by atoms with Gasteiger partial charge in [0, 0.05) is 5.46 Å². The van der Waals surface area contributed by atoms with Crippen molar-refractivity contribution in [2.24, 2.45) is 0 Å². The van der Waals surface area contributed by atoms with Gasteiger partial charge in [0.1, 0.15) is 5.75 Å². The van der Waals surface area contributed by atoms with Crippen LogP contribution in [0.1, 0.15) is 0 Å². The highest BCUT2D eigenvalue weighted by Gasteiger charge is 2.18. The number of nitrogens with one attached hydrogen (secondary N) is 1. The van der Waals surface area contributed by atoms with E-state index in [9.17, 15) is 10.0 Å². The molecule has 0 amide bonds. The van der Waals surface area contributed by atoms with Crippen LogP contribution < -0.4 is 15.5 Å². The summed E-state index contributed by atoms with van der Waals surface area (Å²) in [5.41, 5.74) is 0.571. The van der Waals surface area contributed by atoms with Crippen molar-refractivity contribution >= 4 is 58.9 Å². The Bertz CT molecular complexity index is 670. The largest absolute Gasteiger partial charge is 0.490 e. The van der Waals surface area contributed by atoms with Crippen molar-refractivity contribution in [2.45, 2.75) is 0 Å². The maximum atomic E-state index is 9.20. The maximum Gasteiger partial charge on any atom is 0.490 e. The number of rotatable bonds is 3. The van der Waals surface area contributed by atoms with Gasteiger partial charge in [0.25, 0.3) is 5.17 Å². The Labute approximate surface area is 137 Å². The molecule has 0 fully saturated rings. The Balaban J connectivity index is 2.14. The first-order valence-electron chi connectivity index (χ1n) is 5.87. The summed E-state index contributed by atoms with van der Waals surface area (Å²) in [5, 5.41) is 21.8. The van der Waals surface area contributed by atoms with Gasteiger partial charge in [-0.3, -0.25) is 0 Å². The molecule has 0 bridgehead atoms. The van der Waals surface area contributed by atoms with Crippen LogP contribution in [-0.2, 0) is 0 Å². The third kappa shape index (κ3) is 4.09. The fourth-order valence-corrected chi connectivity index (χ4v) is 2.25. The van der Waals surface area contributed by atoms with Crippen molar-refractivity contribution in [2.75, 3.05) is 5.32 Å². The molecular formula is C13H10BCl2NO3S. The minimum absolute atomic E-state index is 0.0366. The first kappa shape index (κ1) is 16.1. The van der Waals surface area contributed by atoms with E-state index in [4.69, 9.17) is 40.2 Å². The monoisotopic (exact) mass is 341 g/mol. The molecule has 0 spiro atoms. The first-order valence-corrected chi connectivity index (χ1v) is 7.03. The summed E-state index contributed by atoms with van der Waals surface area (Å²) in [6.45, 7) is 0.